The largest absolute Gasteiger partial charge is 0.416 e. The van der Waals surface area contributed by atoms with Crippen LogP contribution in [0.4, 0.5) is 13.2 Å². The van der Waals surface area contributed by atoms with Gasteiger partial charge in [0.2, 0.25) is 5.91 Å². The average Bonchev–Trinajstić information content (AvgIpc) is 2.65. The molecule has 2 aromatic carbocycles. The van der Waals surface area contributed by atoms with Crippen molar-refractivity contribution in [1.29, 1.82) is 0 Å². The van der Waals surface area contributed by atoms with Crippen molar-refractivity contribution < 1.29 is 18.0 Å². The minimum absolute atomic E-state index is 0.0201. The van der Waals surface area contributed by atoms with Crippen molar-refractivity contribution >= 4 is 5.91 Å². The fraction of sp³-hybridized carbons (Fsp3) is 0.381. The highest BCUT2D eigenvalue weighted by Gasteiger charge is 2.30. The standard InChI is InChI=1S/C21H25F3N2O/c1-3-26(4-2)19(17-10-6-5-7-11-17)15-25-20(27)14-16-9-8-12-18(13-16)21(22,23)24/h5-13,19H,3-4,14-15H2,1-2H3,(H,25,27)/t19-/m0/s1. The van der Waals surface area contributed by atoms with E-state index in [0.29, 0.717) is 12.1 Å². The topological polar surface area (TPSA) is 32.3 Å². The van der Waals surface area contributed by atoms with E-state index in [1.807, 2.05) is 30.3 Å². The number of rotatable bonds is 8. The van der Waals surface area contributed by atoms with Gasteiger partial charge >= 0.3 is 6.18 Å². The molecule has 146 valence electrons. The molecule has 2 aromatic rings. The van der Waals surface area contributed by atoms with Crippen LogP contribution in [-0.2, 0) is 17.4 Å². The van der Waals surface area contributed by atoms with E-state index in [9.17, 15) is 18.0 Å². The van der Waals surface area contributed by atoms with Crippen molar-refractivity contribution in [2.24, 2.45) is 0 Å². The second-order valence-electron chi connectivity index (χ2n) is 6.33. The predicted octanol–water partition coefficient (Wildman–Crippen LogP) is 4.45. The minimum atomic E-state index is -4.41. The molecule has 0 unspecified atom stereocenters. The molecule has 0 saturated carbocycles. The smallest absolute Gasteiger partial charge is 0.354 e. The van der Waals surface area contributed by atoms with E-state index in [-0.39, 0.29) is 18.4 Å². The lowest BCUT2D eigenvalue weighted by molar-refractivity contribution is -0.137. The molecule has 0 fully saturated rings. The van der Waals surface area contributed by atoms with Gasteiger partial charge in [-0.2, -0.15) is 13.2 Å². The fourth-order valence-corrected chi connectivity index (χ4v) is 3.11. The van der Waals surface area contributed by atoms with Crippen LogP contribution in [0.15, 0.2) is 54.6 Å². The van der Waals surface area contributed by atoms with Crippen molar-refractivity contribution in [1.82, 2.24) is 10.2 Å². The van der Waals surface area contributed by atoms with Crippen molar-refractivity contribution in [2.75, 3.05) is 19.6 Å². The van der Waals surface area contributed by atoms with Gasteiger partial charge in [-0.3, -0.25) is 9.69 Å². The normalized spacial score (nSPS) is 12.8. The van der Waals surface area contributed by atoms with Crippen molar-refractivity contribution in [3.05, 3.63) is 71.3 Å². The molecule has 6 heteroatoms. The Kier molecular flexibility index (Phi) is 7.42. The maximum atomic E-state index is 12.8. The number of carbonyl (C=O) groups is 1. The van der Waals surface area contributed by atoms with E-state index in [1.54, 1.807) is 0 Å². The fourth-order valence-electron chi connectivity index (χ4n) is 3.11. The van der Waals surface area contributed by atoms with Crippen LogP contribution in [0.3, 0.4) is 0 Å². The third-order valence-corrected chi connectivity index (χ3v) is 4.55. The highest BCUT2D eigenvalue weighted by atomic mass is 19.4. The van der Waals surface area contributed by atoms with E-state index >= 15 is 0 Å². The predicted molar refractivity (Wildman–Crippen MR) is 100 cm³/mol. The van der Waals surface area contributed by atoms with Crippen LogP contribution in [-0.4, -0.2) is 30.4 Å². The molecule has 0 spiro atoms. The van der Waals surface area contributed by atoms with Crippen molar-refractivity contribution in [3.8, 4) is 0 Å². The number of hydrogen-bond donors (Lipinski definition) is 1. The summed E-state index contributed by atoms with van der Waals surface area (Å²) in [6.07, 6.45) is -4.49. The summed E-state index contributed by atoms with van der Waals surface area (Å²) in [5, 5.41) is 2.88. The Hall–Kier alpha value is -2.34. The SMILES string of the molecule is CCN(CC)[C@@H](CNC(=O)Cc1cccc(C(F)(F)F)c1)c1ccccc1. The molecule has 0 aliphatic rings. The number of nitrogens with zero attached hydrogens (tertiary/aromatic N) is 1. The van der Waals surface area contributed by atoms with Gasteiger partial charge in [-0.15, -0.1) is 0 Å². The van der Waals surface area contributed by atoms with Gasteiger partial charge in [-0.1, -0.05) is 62.4 Å². The first-order chi connectivity index (χ1) is 12.8. The van der Waals surface area contributed by atoms with Crippen LogP contribution in [0.1, 0.15) is 36.6 Å². The van der Waals surface area contributed by atoms with Gasteiger partial charge in [0.1, 0.15) is 0 Å². The van der Waals surface area contributed by atoms with E-state index in [0.717, 1.165) is 30.8 Å². The minimum Gasteiger partial charge on any atom is -0.354 e. The highest BCUT2D eigenvalue weighted by Crippen LogP contribution is 2.29. The number of likely N-dealkylation sites (N-methyl/N-ethyl adjacent to an activating group) is 1. The van der Waals surface area contributed by atoms with E-state index in [1.165, 1.54) is 12.1 Å². The molecule has 0 aliphatic carbocycles. The molecular formula is C21H25F3N2O. The lowest BCUT2D eigenvalue weighted by Gasteiger charge is -2.30. The molecule has 0 saturated heterocycles. The van der Waals surface area contributed by atoms with Crippen LogP contribution in [0.5, 0.6) is 0 Å². The number of alkyl halides is 3. The van der Waals surface area contributed by atoms with Gasteiger partial charge in [0.15, 0.2) is 0 Å². The van der Waals surface area contributed by atoms with Crippen molar-refractivity contribution in [2.45, 2.75) is 32.5 Å². The number of benzene rings is 2. The van der Waals surface area contributed by atoms with Gasteiger partial charge < -0.3 is 5.32 Å². The molecular weight excluding hydrogens is 353 g/mol. The lowest BCUT2D eigenvalue weighted by atomic mass is 10.0. The summed E-state index contributed by atoms with van der Waals surface area (Å²) in [5.41, 5.74) is 0.708. The number of halogens is 3. The van der Waals surface area contributed by atoms with Crippen LogP contribution in [0, 0.1) is 0 Å². The second kappa shape index (κ2) is 9.55. The zero-order valence-electron chi connectivity index (χ0n) is 15.6. The Balaban J connectivity index is 2.04. The van der Waals surface area contributed by atoms with E-state index in [2.05, 4.69) is 24.1 Å². The summed E-state index contributed by atoms with van der Waals surface area (Å²) in [6, 6.07) is 14.8. The average molecular weight is 378 g/mol. The highest BCUT2D eigenvalue weighted by molar-refractivity contribution is 5.78. The Bertz CT molecular complexity index is 728. The summed E-state index contributed by atoms with van der Waals surface area (Å²) in [5.74, 6) is -0.289. The van der Waals surface area contributed by atoms with Crippen LogP contribution >= 0.6 is 0 Å². The maximum Gasteiger partial charge on any atom is 0.416 e. The van der Waals surface area contributed by atoms with Gasteiger partial charge in [0.25, 0.3) is 0 Å². The molecule has 0 aromatic heterocycles. The molecule has 3 nitrogen and oxygen atoms in total. The molecule has 0 bridgehead atoms. The Morgan fingerprint density at radius 3 is 2.30 bits per heavy atom. The molecule has 0 aliphatic heterocycles. The number of nitrogens with one attached hydrogen (secondary N) is 1. The monoisotopic (exact) mass is 378 g/mol. The third-order valence-electron chi connectivity index (χ3n) is 4.55. The van der Waals surface area contributed by atoms with Crippen molar-refractivity contribution in [3.63, 3.8) is 0 Å². The molecule has 1 amide bonds. The molecule has 0 radical (unpaired) electrons. The first kappa shape index (κ1) is 21.0. The van der Waals surface area contributed by atoms with E-state index < -0.39 is 11.7 Å². The zero-order valence-corrected chi connectivity index (χ0v) is 15.6. The summed E-state index contributed by atoms with van der Waals surface area (Å²) in [7, 11) is 0. The number of hydrogen-bond acceptors (Lipinski definition) is 2. The molecule has 1 atom stereocenters. The Morgan fingerprint density at radius 2 is 1.70 bits per heavy atom. The quantitative estimate of drug-likeness (QED) is 0.736. The number of amides is 1. The third kappa shape index (κ3) is 6.10. The maximum absolute atomic E-state index is 12.8. The first-order valence-electron chi connectivity index (χ1n) is 9.07. The molecule has 2 rings (SSSR count). The van der Waals surface area contributed by atoms with Gasteiger partial charge in [0.05, 0.1) is 18.0 Å². The summed E-state index contributed by atoms with van der Waals surface area (Å²) < 4.78 is 38.4. The zero-order chi connectivity index (χ0) is 19.9. The summed E-state index contributed by atoms with van der Waals surface area (Å²) >= 11 is 0. The lowest BCUT2D eigenvalue weighted by Crippen LogP contribution is -2.38. The Labute approximate surface area is 158 Å². The first-order valence-corrected chi connectivity index (χ1v) is 9.07. The van der Waals surface area contributed by atoms with Crippen LogP contribution < -0.4 is 5.32 Å². The van der Waals surface area contributed by atoms with Crippen LogP contribution in [0.25, 0.3) is 0 Å². The molecule has 27 heavy (non-hydrogen) atoms. The molecule has 0 heterocycles. The van der Waals surface area contributed by atoms with Gasteiger partial charge in [0, 0.05) is 6.54 Å². The van der Waals surface area contributed by atoms with E-state index in [4.69, 9.17) is 0 Å². The van der Waals surface area contributed by atoms with Gasteiger partial charge in [-0.25, -0.2) is 0 Å². The number of carbonyl (C=O) groups excluding carboxylic acids is 1. The van der Waals surface area contributed by atoms with Gasteiger partial charge in [-0.05, 0) is 30.3 Å². The summed E-state index contributed by atoms with van der Waals surface area (Å²) in [6.45, 7) is 6.19. The van der Waals surface area contributed by atoms with Crippen LogP contribution in [0.2, 0.25) is 0 Å². The summed E-state index contributed by atoms with van der Waals surface area (Å²) in [4.78, 5) is 14.5. The Morgan fingerprint density at radius 1 is 1.04 bits per heavy atom. The molecule has 1 N–H and O–H groups in total. The second-order valence-corrected chi connectivity index (χ2v) is 6.33.